The van der Waals surface area contributed by atoms with Crippen molar-refractivity contribution >= 4 is 0 Å². The molecule has 0 N–H and O–H groups in total. The van der Waals surface area contributed by atoms with Crippen molar-refractivity contribution in [1.29, 1.82) is 0 Å². The summed E-state index contributed by atoms with van der Waals surface area (Å²) in [5.74, 6) is 2.73. The van der Waals surface area contributed by atoms with Gasteiger partial charge in [-0.3, -0.25) is 0 Å². The van der Waals surface area contributed by atoms with Gasteiger partial charge in [0.15, 0.2) is 0 Å². The molecule has 0 spiro atoms. The highest BCUT2D eigenvalue weighted by Crippen LogP contribution is 2.26. The number of nitrogens with zero attached hydrogens (tertiary/aromatic N) is 2. The van der Waals surface area contributed by atoms with Gasteiger partial charge in [-0.05, 0) is 42.5 Å². The average Bonchev–Trinajstić information content (AvgIpc) is 3.14. The van der Waals surface area contributed by atoms with E-state index in [4.69, 9.17) is 18.6 Å². The highest BCUT2D eigenvalue weighted by Gasteiger charge is 2.07. The average molecular weight is 312 g/mol. The van der Waals surface area contributed by atoms with Crippen LogP contribution in [0, 0.1) is 0 Å². The molecule has 0 aliphatic heterocycles. The summed E-state index contributed by atoms with van der Waals surface area (Å²) in [6.07, 6.45) is 1.30. The van der Waals surface area contributed by atoms with Gasteiger partial charge in [0.05, 0.1) is 14.2 Å². The van der Waals surface area contributed by atoms with Crippen molar-refractivity contribution in [2.45, 2.75) is 6.61 Å². The summed E-state index contributed by atoms with van der Waals surface area (Å²) in [7, 11) is 3.26. The first kappa shape index (κ1) is 14.9. The molecule has 2 aromatic carbocycles. The Balaban J connectivity index is 1.71. The number of ether oxygens (including phenoxy) is 3. The maximum Gasteiger partial charge on any atom is 0.247 e. The first-order chi connectivity index (χ1) is 11.3. The highest BCUT2D eigenvalue weighted by atomic mass is 16.5. The van der Waals surface area contributed by atoms with Crippen molar-refractivity contribution in [1.82, 2.24) is 10.2 Å². The highest BCUT2D eigenvalue weighted by molar-refractivity contribution is 5.53. The summed E-state index contributed by atoms with van der Waals surface area (Å²) in [6.45, 7) is 0.375. The lowest BCUT2D eigenvalue weighted by Crippen LogP contribution is -1.99. The van der Waals surface area contributed by atoms with Gasteiger partial charge >= 0.3 is 0 Å². The minimum Gasteiger partial charge on any atom is -0.497 e. The Kier molecular flexibility index (Phi) is 4.42. The van der Waals surface area contributed by atoms with Crippen molar-refractivity contribution in [3.8, 4) is 28.7 Å². The van der Waals surface area contributed by atoms with Crippen molar-refractivity contribution in [2.24, 2.45) is 0 Å². The van der Waals surface area contributed by atoms with Crippen LogP contribution in [0.25, 0.3) is 11.5 Å². The predicted octanol–water partition coefficient (Wildman–Crippen LogP) is 3.33. The van der Waals surface area contributed by atoms with E-state index in [1.54, 1.807) is 14.2 Å². The van der Waals surface area contributed by atoms with Crippen molar-refractivity contribution in [2.75, 3.05) is 14.2 Å². The van der Waals surface area contributed by atoms with Crippen LogP contribution in [0.5, 0.6) is 17.2 Å². The first-order valence-electron chi connectivity index (χ1n) is 7.00. The lowest BCUT2D eigenvalue weighted by atomic mass is 10.2. The fourth-order valence-corrected chi connectivity index (χ4v) is 2.15. The fraction of sp³-hybridized carbons (Fsp3) is 0.176. The summed E-state index contributed by atoms with van der Waals surface area (Å²) >= 11 is 0. The number of benzene rings is 2. The molecule has 0 amide bonds. The number of rotatable bonds is 6. The molecular formula is C17H16N2O4. The predicted molar refractivity (Wildman–Crippen MR) is 83.6 cm³/mol. The molecule has 0 saturated heterocycles. The summed E-state index contributed by atoms with van der Waals surface area (Å²) in [5, 5.41) is 7.52. The second-order valence-electron chi connectivity index (χ2n) is 4.73. The Morgan fingerprint density at radius 3 is 2.39 bits per heavy atom. The van der Waals surface area contributed by atoms with Crippen LogP contribution in [-0.4, -0.2) is 24.4 Å². The van der Waals surface area contributed by atoms with Crippen LogP contribution in [0.15, 0.2) is 53.3 Å². The van der Waals surface area contributed by atoms with Crippen LogP contribution in [-0.2, 0) is 6.61 Å². The molecule has 0 aliphatic rings. The summed E-state index contributed by atoms with van der Waals surface area (Å²) < 4.78 is 21.5. The molecule has 23 heavy (non-hydrogen) atoms. The maximum atomic E-state index is 5.80. The number of hydrogen-bond acceptors (Lipinski definition) is 6. The van der Waals surface area contributed by atoms with E-state index in [1.807, 2.05) is 42.5 Å². The van der Waals surface area contributed by atoms with Crippen molar-refractivity contribution in [3.63, 3.8) is 0 Å². The maximum absolute atomic E-state index is 5.80. The third-order valence-electron chi connectivity index (χ3n) is 3.34. The summed E-state index contributed by atoms with van der Waals surface area (Å²) in [5.41, 5.74) is 1.75. The lowest BCUT2D eigenvalue weighted by molar-refractivity contribution is 0.295. The number of aromatic nitrogens is 2. The van der Waals surface area contributed by atoms with E-state index < -0.39 is 0 Å². The smallest absolute Gasteiger partial charge is 0.247 e. The van der Waals surface area contributed by atoms with Gasteiger partial charge in [0.25, 0.3) is 0 Å². The third kappa shape index (κ3) is 3.42. The second kappa shape index (κ2) is 6.83. The number of methoxy groups -OCH3 is 2. The SMILES string of the molecule is COc1ccc(OC)c(COc2ccc(-c3nnco3)cc2)c1. The molecule has 3 rings (SSSR count). The Morgan fingerprint density at radius 2 is 1.74 bits per heavy atom. The van der Waals surface area contributed by atoms with Gasteiger partial charge in [-0.25, -0.2) is 0 Å². The van der Waals surface area contributed by atoms with Gasteiger partial charge in [0, 0.05) is 11.1 Å². The van der Waals surface area contributed by atoms with Gasteiger partial charge in [-0.2, -0.15) is 0 Å². The van der Waals surface area contributed by atoms with Gasteiger partial charge in [0.1, 0.15) is 23.9 Å². The zero-order valence-electron chi connectivity index (χ0n) is 12.9. The van der Waals surface area contributed by atoms with Gasteiger partial charge in [0.2, 0.25) is 12.3 Å². The zero-order chi connectivity index (χ0) is 16.1. The lowest BCUT2D eigenvalue weighted by Gasteiger charge is -2.12. The molecule has 0 fully saturated rings. The molecule has 1 aromatic heterocycles. The molecule has 1 heterocycles. The molecule has 0 aliphatic carbocycles. The molecule has 0 radical (unpaired) electrons. The normalized spacial score (nSPS) is 10.3. The summed E-state index contributed by atoms with van der Waals surface area (Å²) in [6, 6.07) is 13.0. The number of hydrogen-bond donors (Lipinski definition) is 0. The first-order valence-corrected chi connectivity index (χ1v) is 7.00. The van der Waals surface area contributed by atoms with Gasteiger partial charge < -0.3 is 18.6 Å². The van der Waals surface area contributed by atoms with Crippen LogP contribution in [0.1, 0.15) is 5.56 Å². The van der Waals surface area contributed by atoms with E-state index >= 15 is 0 Å². The van der Waals surface area contributed by atoms with Gasteiger partial charge in [-0.1, -0.05) is 0 Å². The van der Waals surface area contributed by atoms with Crippen LogP contribution in [0.4, 0.5) is 0 Å². The Morgan fingerprint density at radius 1 is 0.957 bits per heavy atom. The fourth-order valence-electron chi connectivity index (χ4n) is 2.15. The van der Waals surface area contributed by atoms with E-state index in [0.717, 1.165) is 28.4 Å². The van der Waals surface area contributed by atoms with E-state index in [-0.39, 0.29) is 0 Å². The molecule has 0 bridgehead atoms. The standard InChI is InChI=1S/C17H16N2O4/c1-20-15-7-8-16(21-2)13(9-15)10-22-14-5-3-12(4-6-14)17-19-18-11-23-17/h3-9,11H,10H2,1-2H3. The molecule has 3 aromatic rings. The Hall–Kier alpha value is -3.02. The molecule has 6 nitrogen and oxygen atoms in total. The molecule has 0 saturated carbocycles. The largest absolute Gasteiger partial charge is 0.497 e. The quantitative estimate of drug-likeness (QED) is 0.695. The molecule has 0 unspecified atom stereocenters. The molecular weight excluding hydrogens is 296 g/mol. The van der Waals surface area contributed by atoms with E-state index in [2.05, 4.69) is 10.2 Å². The third-order valence-corrected chi connectivity index (χ3v) is 3.34. The monoisotopic (exact) mass is 312 g/mol. The Bertz CT molecular complexity index is 755. The molecule has 118 valence electrons. The molecule has 6 heteroatoms. The van der Waals surface area contributed by atoms with Crippen LogP contribution in [0.3, 0.4) is 0 Å². The topological polar surface area (TPSA) is 66.6 Å². The van der Waals surface area contributed by atoms with Crippen LogP contribution >= 0.6 is 0 Å². The van der Waals surface area contributed by atoms with E-state index in [9.17, 15) is 0 Å². The minimum absolute atomic E-state index is 0.375. The molecule has 0 atom stereocenters. The van der Waals surface area contributed by atoms with Crippen LogP contribution in [0.2, 0.25) is 0 Å². The van der Waals surface area contributed by atoms with Crippen molar-refractivity contribution < 1.29 is 18.6 Å². The van der Waals surface area contributed by atoms with Crippen molar-refractivity contribution in [3.05, 3.63) is 54.4 Å². The Labute approximate surface area is 133 Å². The zero-order valence-corrected chi connectivity index (χ0v) is 12.9. The van der Waals surface area contributed by atoms with E-state index in [0.29, 0.717) is 12.5 Å². The minimum atomic E-state index is 0.375. The van der Waals surface area contributed by atoms with Gasteiger partial charge in [-0.15, -0.1) is 10.2 Å². The van der Waals surface area contributed by atoms with E-state index in [1.165, 1.54) is 6.39 Å². The second-order valence-corrected chi connectivity index (χ2v) is 4.73. The van der Waals surface area contributed by atoms with Crippen LogP contribution < -0.4 is 14.2 Å². The summed E-state index contributed by atoms with van der Waals surface area (Å²) in [4.78, 5) is 0.